The number of methoxy groups -OCH3 is 1. The summed E-state index contributed by atoms with van der Waals surface area (Å²) in [6.07, 6.45) is 1.78. The van der Waals surface area contributed by atoms with Crippen LogP contribution in [0.3, 0.4) is 0 Å². The summed E-state index contributed by atoms with van der Waals surface area (Å²) in [6.45, 7) is 4.26. The number of amides is 2. The number of cyclic esters (lactones) is 1. The highest BCUT2D eigenvalue weighted by Crippen LogP contribution is 2.36. The van der Waals surface area contributed by atoms with Gasteiger partial charge >= 0.3 is 12.0 Å². The largest absolute Gasteiger partial charge is 0.497 e. The van der Waals surface area contributed by atoms with E-state index in [0.29, 0.717) is 28.7 Å². The number of hydrogen-bond acceptors (Lipinski definition) is 7. The number of esters is 1. The number of aromatic nitrogens is 2. The molecular weight excluding hydrogens is 388 g/mol. The SMILES string of the molecule is CCC(CC)c1nc(CN2C(=O)NC(c3ccc(OC)cc3)C3=C2COC3=O)no1. The van der Waals surface area contributed by atoms with Crippen molar-refractivity contribution in [1.82, 2.24) is 20.4 Å². The average molecular weight is 412 g/mol. The summed E-state index contributed by atoms with van der Waals surface area (Å²) >= 11 is 0. The maximum atomic E-state index is 12.9. The minimum atomic E-state index is -0.588. The standard InChI is InChI=1S/C21H24N4O5/c1-4-12(5-2)19-22-16(24-30-19)10-25-15-11-29-20(26)17(15)18(23-21(25)27)13-6-8-14(28-3)9-7-13/h6-9,12,18H,4-5,10-11H2,1-3H3,(H,23,27). The molecule has 1 N–H and O–H groups in total. The van der Waals surface area contributed by atoms with Gasteiger partial charge in [0.15, 0.2) is 5.82 Å². The lowest BCUT2D eigenvalue weighted by Gasteiger charge is -2.32. The molecule has 2 aliphatic rings. The van der Waals surface area contributed by atoms with Crippen LogP contribution in [0.1, 0.15) is 55.9 Å². The van der Waals surface area contributed by atoms with E-state index in [1.54, 1.807) is 19.2 Å². The van der Waals surface area contributed by atoms with Crippen molar-refractivity contribution >= 4 is 12.0 Å². The minimum Gasteiger partial charge on any atom is -0.497 e. The molecule has 0 spiro atoms. The van der Waals surface area contributed by atoms with Gasteiger partial charge in [0.05, 0.1) is 31.0 Å². The minimum absolute atomic E-state index is 0.0332. The van der Waals surface area contributed by atoms with Gasteiger partial charge in [0, 0.05) is 5.92 Å². The van der Waals surface area contributed by atoms with Gasteiger partial charge in [-0.3, -0.25) is 4.90 Å². The fourth-order valence-electron chi connectivity index (χ4n) is 3.80. The van der Waals surface area contributed by atoms with Crippen molar-refractivity contribution in [3.05, 3.63) is 52.8 Å². The Morgan fingerprint density at radius 2 is 1.97 bits per heavy atom. The highest BCUT2D eigenvalue weighted by atomic mass is 16.5. The molecule has 1 atom stereocenters. The molecule has 9 nitrogen and oxygen atoms in total. The predicted octanol–water partition coefficient (Wildman–Crippen LogP) is 3.06. The van der Waals surface area contributed by atoms with E-state index in [4.69, 9.17) is 14.0 Å². The molecule has 0 aliphatic carbocycles. The molecule has 2 aromatic rings. The first kappa shape index (κ1) is 19.9. The van der Waals surface area contributed by atoms with E-state index in [1.165, 1.54) is 4.90 Å². The molecule has 2 amide bonds. The fraction of sp³-hybridized carbons (Fsp3) is 0.429. The number of urea groups is 1. The van der Waals surface area contributed by atoms with E-state index >= 15 is 0 Å². The molecule has 0 bridgehead atoms. The summed E-state index contributed by atoms with van der Waals surface area (Å²) in [5.41, 5.74) is 1.72. The van der Waals surface area contributed by atoms with Crippen LogP contribution in [0.5, 0.6) is 5.75 Å². The molecule has 9 heteroatoms. The van der Waals surface area contributed by atoms with Gasteiger partial charge in [-0.1, -0.05) is 31.1 Å². The maximum Gasteiger partial charge on any atom is 0.338 e. The summed E-state index contributed by atoms with van der Waals surface area (Å²) in [5, 5.41) is 6.92. The van der Waals surface area contributed by atoms with E-state index in [-0.39, 0.29) is 25.1 Å². The van der Waals surface area contributed by atoms with Gasteiger partial charge < -0.3 is 19.3 Å². The summed E-state index contributed by atoms with van der Waals surface area (Å²) in [5.74, 6) is 1.39. The zero-order valence-corrected chi connectivity index (χ0v) is 17.2. The fourth-order valence-corrected chi connectivity index (χ4v) is 3.80. The van der Waals surface area contributed by atoms with Crippen molar-refractivity contribution in [2.75, 3.05) is 13.7 Å². The van der Waals surface area contributed by atoms with Crippen molar-refractivity contribution in [2.45, 2.75) is 45.2 Å². The average Bonchev–Trinajstić information content (AvgIpc) is 3.38. The third kappa shape index (κ3) is 3.51. The van der Waals surface area contributed by atoms with Crippen molar-refractivity contribution in [3.8, 4) is 5.75 Å². The van der Waals surface area contributed by atoms with Crippen LogP contribution in [0.2, 0.25) is 0 Å². The summed E-state index contributed by atoms with van der Waals surface area (Å²) < 4.78 is 15.8. The molecule has 1 aromatic carbocycles. The molecule has 0 fully saturated rings. The number of benzene rings is 1. The Morgan fingerprint density at radius 1 is 1.23 bits per heavy atom. The topological polar surface area (TPSA) is 107 Å². The van der Waals surface area contributed by atoms with E-state index in [0.717, 1.165) is 18.4 Å². The molecule has 0 saturated carbocycles. The van der Waals surface area contributed by atoms with E-state index < -0.39 is 12.0 Å². The number of ether oxygens (including phenoxy) is 2. The zero-order valence-electron chi connectivity index (χ0n) is 17.2. The Balaban J connectivity index is 1.62. The van der Waals surface area contributed by atoms with Crippen LogP contribution in [0, 0.1) is 0 Å². The normalized spacial score (nSPS) is 18.5. The van der Waals surface area contributed by atoms with Gasteiger partial charge in [0.1, 0.15) is 12.4 Å². The first-order valence-corrected chi connectivity index (χ1v) is 10.00. The molecule has 1 unspecified atom stereocenters. The van der Waals surface area contributed by atoms with E-state index in [1.807, 2.05) is 12.1 Å². The lowest BCUT2D eigenvalue weighted by atomic mass is 9.95. The molecule has 1 aromatic heterocycles. The predicted molar refractivity (Wildman–Crippen MR) is 105 cm³/mol. The Bertz CT molecular complexity index is 978. The van der Waals surface area contributed by atoms with Gasteiger partial charge in [0.2, 0.25) is 5.89 Å². The van der Waals surface area contributed by atoms with Crippen molar-refractivity contribution in [1.29, 1.82) is 0 Å². The van der Waals surface area contributed by atoms with Crippen LogP contribution < -0.4 is 10.1 Å². The highest BCUT2D eigenvalue weighted by Gasteiger charge is 2.42. The Morgan fingerprint density at radius 3 is 2.63 bits per heavy atom. The number of nitrogens with one attached hydrogen (secondary N) is 1. The third-order valence-corrected chi connectivity index (χ3v) is 5.57. The maximum absolute atomic E-state index is 12.9. The summed E-state index contributed by atoms with van der Waals surface area (Å²) in [6, 6.07) is 6.27. The van der Waals surface area contributed by atoms with Crippen molar-refractivity contribution in [3.63, 3.8) is 0 Å². The van der Waals surface area contributed by atoms with Crippen LogP contribution in [-0.2, 0) is 16.1 Å². The molecule has 0 saturated heterocycles. The van der Waals surface area contributed by atoms with Crippen LogP contribution in [-0.4, -0.2) is 40.8 Å². The van der Waals surface area contributed by atoms with Crippen LogP contribution in [0.4, 0.5) is 4.79 Å². The number of carbonyl (C=O) groups is 2. The van der Waals surface area contributed by atoms with Crippen LogP contribution >= 0.6 is 0 Å². The second-order valence-electron chi connectivity index (χ2n) is 7.24. The zero-order chi connectivity index (χ0) is 21.3. The molecule has 2 aliphatic heterocycles. The molecule has 0 radical (unpaired) electrons. The lowest BCUT2D eigenvalue weighted by molar-refractivity contribution is -0.136. The van der Waals surface area contributed by atoms with Gasteiger partial charge in [0.25, 0.3) is 0 Å². The first-order valence-electron chi connectivity index (χ1n) is 10.00. The first-order chi connectivity index (χ1) is 14.5. The molecular formula is C21H24N4O5. The smallest absolute Gasteiger partial charge is 0.338 e. The number of rotatable bonds is 7. The van der Waals surface area contributed by atoms with E-state index in [9.17, 15) is 9.59 Å². The molecule has 158 valence electrons. The van der Waals surface area contributed by atoms with E-state index in [2.05, 4.69) is 29.3 Å². The monoisotopic (exact) mass is 412 g/mol. The molecule has 4 rings (SSSR count). The summed E-state index contributed by atoms with van der Waals surface area (Å²) in [7, 11) is 1.58. The van der Waals surface area contributed by atoms with Crippen LogP contribution in [0.15, 0.2) is 40.1 Å². The highest BCUT2D eigenvalue weighted by molar-refractivity contribution is 5.97. The number of carbonyl (C=O) groups excluding carboxylic acids is 2. The van der Waals surface area contributed by atoms with Gasteiger partial charge in [-0.25, -0.2) is 9.59 Å². The second kappa shape index (κ2) is 8.17. The lowest BCUT2D eigenvalue weighted by Crippen LogP contribution is -2.47. The van der Waals surface area contributed by atoms with Crippen LogP contribution in [0.25, 0.3) is 0 Å². The van der Waals surface area contributed by atoms with Gasteiger partial charge in [-0.05, 0) is 30.5 Å². The Kier molecular flexibility index (Phi) is 5.43. The summed E-state index contributed by atoms with van der Waals surface area (Å²) in [4.78, 5) is 31.3. The quantitative estimate of drug-likeness (QED) is 0.697. The van der Waals surface area contributed by atoms with Gasteiger partial charge in [-0.15, -0.1) is 0 Å². The van der Waals surface area contributed by atoms with Crippen molar-refractivity contribution in [2.24, 2.45) is 0 Å². The third-order valence-electron chi connectivity index (χ3n) is 5.57. The number of hydrogen-bond donors (Lipinski definition) is 1. The van der Waals surface area contributed by atoms with Crippen molar-refractivity contribution < 1.29 is 23.6 Å². The second-order valence-corrected chi connectivity index (χ2v) is 7.24. The number of nitrogens with zero attached hydrogens (tertiary/aromatic N) is 3. The molecule has 30 heavy (non-hydrogen) atoms. The molecule has 3 heterocycles. The van der Waals surface area contributed by atoms with Gasteiger partial charge in [-0.2, -0.15) is 4.98 Å². The Labute approximate surface area is 174 Å². The Hall–Kier alpha value is -3.36.